The lowest BCUT2D eigenvalue weighted by Gasteiger charge is -2.30. The highest BCUT2D eigenvalue weighted by molar-refractivity contribution is 7.27. The average molecular weight is 835 g/mol. The van der Waals surface area contributed by atoms with E-state index in [1.54, 1.807) is 27.6 Å². The van der Waals surface area contributed by atoms with Crippen LogP contribution in [-0.4, -0.2) is 87.1 Å². The number of nitrogens with zero attached hydrogens (tertiary/aromatic N) is 4. The summed E-state index contributed by atoms with van der Waals surface area (Å²) in [6.45, 7) is 4.96. The monoisotopic (exact) mass is 834 g/mol. The van der Waals surface area contributed by atoms with Crippen molar-refractivity contribution in [1.29, 1.82) is 0 Å². The normalized spacial score (nSPS) is 17.6. The minimum Gasteiger partial charge on any atom is -0.453 e. The number of hydrogen-bond acceptors (Lipinski definition) is 10. The van der Waals surface area contributed by atoms with Crippen LogP contribution in [0, 0.1) is 5.92 Å². The number of aromatic amines is 2. The predicted molar refractivity (Wildman–Crippen MR) is 227 cm³/mol. The highest BCUT2D eigenvalue weighted by Crippen LogP contribution is 2.44. The summed E-state index contributed by atoms with van der Waals surface area (Å²) in [7, 11) is 2.58. The van der Waals surface area contributed by atoms with Crippen LogP contribution in [0.25, 0.3) is 43.0 Å². The zero-order valence-electron chi connectivity index (χ0n) is 33.2. The van der Waals surface area contributed by atoms with Gasteiger partial charge in [-0.3, -0.25) is 9.59 Å². The molecule has 0 saturated carbocycles. The molecule has 4 amide bonds. The summed E-state index contributed by atoms with van der Waals surface area (Å²) >= 11 is 3.38. The lowest BCUT2D eigenvalue weighted by molar-refractivity contribution is -0.135. The van der Waals surface area contributed by atoms with E-state index in [4.69, 9.17) is 19.4 Å². The fraction of sp³-hybridized carbons (Fsp3) is 0.349. The van der Waals surface area contributed by atoms with Gasteiger partial charge in [0.05, 0.1) is 59.5 Å². The van der Waals surface area contributed by atoms with E-state index in [0.29, 0.717) is 24.5 Å². The highest BCUT2D eigenvalue weighted by atomic mass is 32.1. The first-order valence-corrected chi connectivity index (χ1v) is 21.5. The van der Waals surface area contributed by atoms with Crippen molar-refractivity contribution in [2.24, 2.45) is 5.92 Å². The van der Waals surface area contributed by atoms with Crippen molar-refractivity contribution in [3.05, 3.63) is 95.0 Å². The Morgan fingerprint density at radius 2 is 1.25 bits per heavy atom. The molecule has 2 saturated heterocycles. The van der Waals surface area contributed by atoms with Crippen molar-refractivity contribution in [1.82, 2.24) is 40.4 Å². The van der Waals surface area contributed by atoms with Gasteiger partial charge in [-0.15, -0.1) is 22.7 Å². The summed E-state index contributed by atoms with van der Waals surface area (Å²) in [5.41, 5.74) is 6.72. The summed E-state index contributed by atoms with van der Waals surface area (Å²) in [5.74, 6) is 0.982. The summed E-state index contributed by atoms with van der Waals surface area (Å²) < 4.78 is 12.0. The third-order valence-electron chi connectivity index (χ3n) is 11.2. The number of hydrogen-bond donors (Lipinski definition) is 4. The van der Waals surface area contributed by atoms with E-state index in [2.05, 4.69) is 55.6 Å². The second-order valence-corrected chi connectivity index (χ2v) is 16.9. The number of H-pyrrole nitrogens is 2. The molecule has 0 aliphatic carbocycles. The lowest BCUT2D eigenvalue weighted by Crippen LogP contribution is -2.51. The van der Waals surface area contributed by atoms with E-state index in [-0.39, 0.29) is 29.8 Å². The van der Waals surface area contributed by atoms with Gasteiger partial charge in [0.2, 0.25) is 5.91 Å². The van der Waals surface area contributed by atoms with Crippen LogP contribution in [0.15, 0.2) is 77.8 Å². The molecule has 306 valence electrons. The maximum absolute atomic E-state index is 13.9. The molecular weight excluding hydrogens is 789 g/mol. The van der Waals surface area contributed by atoms with E-state index in [1.807, 2.05) is 61.5 Å². The van der Waals surface area contributed by atoms with Crippen LogP contribution >= 0.6 is 22.7 Å². The Kier molecular flexibility index (Phi) is 11.5. The number of aromatic nitrogens is 4. The van der Waals surface area contributed by atoms with Gasteiger partial charge >= 0.3 is 12.2 Å². The molecule has 4 atom stereocenters. The maximum atomic E-state index is 13.9. The Balaban J connectivity index is 0.966. The molecule has 59 heavy (non-hydrogen) atoms. The van der Waals surface area contributed by atoms with Gasteiger partial charge in [-0.05, 0) is 48.3 Å². The fourth-order valence-electron chi connectivity index (χ4n) is 8.11. The van der Waals surface area contributed by atoms with Crippen molar-refractivity contribution < 1.29 is 28.7 Å². The molecule has 0 radical (unpaired) electrons. The zero-order valence-corrected chi connectivity index (χ0v) is 34.8. The van der Waals surface area contributed by atoms with Crippen molar-refractivity contribution in [3.8, 4) is 33.6 Å². The number of nitrogens with one attached hydrogen (secondary N) is 4. The number of rotatable bonds is 11. The van der Waals surface area contributed by atoms with Crippen LogP contribution in [-0.2, 0) is 19.1 Å². The van der Waals surface area contributed by atoms with Crippen molar-refractivity contribution in [3.63, 3.8) is 0 Å². The Hall–Kier alpha value is -6.00. The molecule has 2 aromatic carbocycles. The van der Waals surface area contributed by atoms with Gasteiger partial charge < -0.3 is 39.9 Å². The van der Waals surface area contributed by atoms with Crippen molar-refractivity contribution in [2.45, 2.75) is 63.7 Å². The number of carbonyl (C=O) groups excluding carboxylic acids is 4. The van der Waals surface area contributed by atoms with Crippen molar-refractivity contribution in [2.75, 3.05) is 27.3 Å². The molecule has 0 bridgehead atoms. The lowest BCUT2D eigenvalue weighted by atomic mass is 10.0. The number of ether oxygens (including phenoxy) is 2. The quantitative estimate of drug-likeness (QED) is 0.101. The van der Waals surface area contributed by atoms with Crippen LogP contribution in [0.5, 0.6) is 0 Å². The first kappa shape index (κ1) is 39.8. The molecule has 14 nitrogen and oxygen atoms in total. The van der Waals surface area contributed by atoms with Crippen LogP contribution in [0.3, 0.4) is 0 Å². The minimum absolute atomic E-state index is 0.109. The maximum Gasteiger partial charge on any atom is 0.407 e. The number of thiophene rings is 2. The van der Waals surface area contributed by atoms with Gasteiger partial charge in [0.25, 0.3) is 5.91 Å². The second kappa shape index (κ2) is 17.1. The largest absolute Gasteiger partial charge is 0.453 e. The molecule has 16 heteroatoms. The first-order chi connectivity index (χ1) is 28.6. The number of fused-ring (bicyclic) bond motifs is 1. The molecule has 4 aromatic heterocycles. The van der Waals surface area contributed by atoms with Gasteiger partial charge in [-0.2, -0.15) is 0 Å². The highest BCUT2D eigenvalue weighted by Gasteiger charge is 2.39. The summed E-state index contributed by atoms with van der Waals surface area (Å²) in [5, 5.41) is 9.77. The van der Waals surface area contributed by atoms with E-state index in [0.717, 1.165) is 69.8 Å². The third-order valence-corrected chi connectivity index (χ3v) is 13.4. The number of carbonyl (C=O) groups is 4. The fourth-order valence-corrected chi connectivity index (χ4v) is 10.6. The molecule has 0 spiro atoms. The van der Waals surface area contributed by atoms with Crippen LogP contribution in [0.1, 0.15) is 74.9 Å². The topological polar surface area (TPSA) is 175 Å². The van der Waals surface area contributed by atoms with Crippen molar-refractivity contribution >= 4 is 56.1 Å². The van der Waals surface area contributed by atoms with Crippen LogP contribution in [0.4, 0.5) is 9.59 Å². The van der Waals surface area contributed by atoms with Crippen LogP contribution < -0.4 is 10.6 Å². The Bertz CT molecular complexity index is 2460. The summed E-state index contributed by atoms with van der Waals surface area (Å²) in [6, 6.07) is 15.5. The minimum atomic E-state index is -0.881. The second-order valence-electron chi connectivity index (χ2n) is 15.1. The molecule has 4 N–H and O–H groups in total. The molecule has 2 aliphatic heterocycles. The Morgan fingerprint density at radius 3 is 1.88 bits per heavy atom. The molecule has 2 aliphatic rings. The van der Waals surface area contributed by atoms with Gasteiger partial charge in [-0.1, -0.05) is 68.4 Å². The smallest absolute Gasteiger partial charge is 0.407 e. The Labute approximate surface area is 349 Å². The Morgan fingerprint density at radius 1 is 0.712 bits per heavy atom. The van der Waals surface area contributed by atoms with E-state index in [9.17, 15) is 19.2 Å². The number of likely N-dealkylation sites (tertiary alicyclic amines) is 2. The summed E-state index contributed by atoms with van der Waals surface area (Å²) in [6.07, 6.45) is 5.56. The van der Waals surface area contributed by atoms with Gasteiger partial charge in [0.15, 0.2) is 0 Å². The molecule has 2 unspecified atom stereocenters. The van der Waals surface area contributed by atoms with Gasteiger partial charge in [-0.25, -0.2) is 19.6 Å². The number of amides is 4. The van der Waals surface area contributed by atoms with Crippen LogP contribution in [0.2, 0.25) is 0 Å². The van der Waals surface area contributed by atoms with E-state index in [1.165, 1.54) is 18.9 Å². The van der Waals surface area contributed by atoms with E-state index >= 15 is 0 Å². The average Bonchev–Trinajstić information content (AvgIpc) is 4.11. The zero-order chi connectivity index (χ0) is 41.2. The third kappa shape index (κ3) is 7.93. The molecule has 6 aromatic rings. The SMILES string of the molecule is COC(=O)N[C@H](C(=O)N1CCCC1c1ncc(-c2csc3c(-c4ccc(-c5cnc(C6CCCN6C(=O)[C@H](NC(=O)OC)c6ccccc6)[nH]5)cc4)csc23)[nH]1)C(C)C. The van der Waals surface area contributed by atoms with Gasteiger partial charge in [0.1, 0.15) is 23.7 Å². The molecule has 8 rings (SSSR count). The van der Waals surface area contributed by atoms with Gasteiger partial charge in [0, 0.05) is 35.0 Å². The predicted octanol–water partition coefficient (Wildman–Crippen LogP) is 8.21. The number of benzene rings is 2. The standard InChI is InChI=1S/C43H46N8O6S2/c1-24(2)34(48-42(54)56-3)40(52)50-18-8-13-33(50)39-45-21-31(47-39)29-23-59-36-28(22-58-37(29)36)25-14-16-26(17-15-25)30-20-44-38(46-30)32-12-9-19-51(32)41(53)35(49-43(55)57-4)27-10-6-5-7-11-27/h5-7,10-11,14-17,20-24,32-35H,8-9,12-13,18-19H2,1-4H3,(H,44,46)(H,45,47)(H,48,54)(H,49,55)/t32?,33?,34-,35+/m0/s1. The number of alkyl carbamates (subject to hydrolysis) is 2. The number of imidazole rings is 2. The number of methoxy groups -OCH3 is 2. The molecular formula is C43H46N8O6S2. The molecule has 6 heterocycles. The first-order valence-electron chi connectivity index (χ1n) is 19.7. The summed E-state index contributed by atoms with van der Waals surface area (Å²) in [4.78, 5) is 71.9. The molecule has 2 fully saturated rings. The van der Waals surface area contributed by atoms with E-state index < -0.39 is 24.3 Å².